The average molecular weight is 295 g/mol. The second kappa shape index (κ2) is 9.42. The van der Waals surface area contributed by atoms with Gasteiger partial charge in [-0.2, -0.15) is 0 Å². The maximum atomic E-state index is 11.8. The van der Waals surface area contributed by atoms with E-state index in [0.717, 1.165) is 12.2 Å². The monoisotopic (exact) mass is 295 g/mol. The number of carbonyl (C=O) groups is 2. The van der Waals surface area contributed by atoms with Gasteiger partial charge in [0.2, 0.25) is 5.91 Å². The number of benzene rings is 1. The van der Waals surface area contributed by atoms with Gasteiger partial charge in [-0.15, -0.1) is 11.8 Å². The quantitative estimate of drug-likeness (QED) is 0.420. The molecule has 1 aromatic rings. The smallest absolute Gasteiger partial charge is 0.307 e. The zero-order valence-corrected chi connectivity index (χ0v) is 12.8. The molecule has 1 aromatic carbocycles. The maximum Gasteiger partial charge on any atom is 0.307 e. The van der Waals surface area contributed by atoms with E-state index in [1.54, 1.807) is 23.7 Å². The Kier molecular flexibility index (Phi) is 7.80. The van der Waals surface area contributed by atoms with Crippen LogP contribution in [0, 0.1) is 0 Å². The lowest BCUT2D eigenvalue weighted by Gasteiger charge is -2.16. The number of methoxy groups -OCH3 is 1. The molecule has 0 bridgehead atoms. The van der Waals surface area contributed by atoms with Crippen molar-refractivity contribution < 1.29 is 14.3 Å². The van der Waals surface area contributed by atoms with Crippen LogP contribution in [-0.4, -0.2) is 43.2 Å². The largest absolute Gasteiger partial charge is 0.469 e. The predicted molar refractivity (Wildman–Crippen MR) is 80.7 cm³/mol. The minimum Gasteiger partial charge on any atom is -0.469 e. The van der Waals surface area contributed by atoms with Crippen LogP contribution < -0.4 is 0 Å². The van der Waals surface area contributed by atoms with Gasteiger partial charge < -0.3 is 9.64 Å². The van der Waals surface area contributed by atoms with E-state index in [2.05, 4.69) is 16.9 Å². The lowest BCUT2D eigenvalue weighted by atomic mass is 10.3. The molecule has 0 N–H and O–H groups in total. The van der Waals surface area contributed by atoms with Crippen LogP contribution in [0.15, 0.2) is 35.2 Å². The number of amides is 1. The van der Waals surface area contributed by atoms with E-state index in [4.69, 9.17) is 0 Å². The number of rotatable bonds is 8. The summed E-state index contributed by atoms with van der Waals surface area (Å²) in [5, 5.41) is 0. The van der Waals surface area contributed by atoms with Gasteiger partial charge in [0.1, 0.15) is 0 Å². The van der Waals surface area contributed by atoms with Crippen molar-refractivity contribution in [1.29, 1.82) is 0 Å². The highest BCUT2D eigenvalue weighted by Gasteiger charge is 2.10. The SMILES string of the molecule is COC(=O)CCN(C)C(=O)CCCSc1ccccc1. The van der Waals surface area contributed by atoms with Crippen LogP contribution in [0.5, 0.6) is 0 Å². The minimum atomic E-state index is -0.288. The predicted octanol–water partition coefficient (Wildman–Crippen LogP) is 2.58. The summed E-state index contributed by atoms with van der Waals surface area (Å²) in [6.07, 6.45) is 1.59. The molecule has 0 saturated heterocycles. The Bertz CT molecular complexity index is 422. The van der Waals surface area contributed by atoms with Crippen LogP contribution in [0.3, 0.4) is 0 Å². The first kappa shape index (κ1) is 16.6. The summed E-state index contributed by atoms with van der Waals surface area (Å²) in [7, 11) is 3.07. The Balaban J connectivity index is 2.14. The number of carbonyl (C=O) groups excluding carboxylic acids is 2. The van der Waals surface area contributed by atoms with Crippen molar-refractivity contribution in [3.63, 3.8) is 0 Å². The molecule has 0 aliphatic rings. The van der Waals surface area contributed by atoms with Crippen molar-refractivity contribution in [3.05, 3.63) is 30.3 Å². The van der Waals surface area contributed by atoms with Crippen LogP contribution in [0.25, 0.3) is 0 Å². The van der Waals surface area contributed by atoms with E-state index < -0.39 is 0 Å². The second-order valence-electron chi connectivity index (χ2n) is 4.41. The van der Waals surface area contributed by atoms with E-state index in [9.17, 15) is 9.59 Å². The first-order valence-corrected chi connectivity index (χ1v) is 7.60. The van der Waals surface area contributed by atoms with Crippen molar-refractivity contribution in [3.8, 4) is 0 Å². The minimum absolute atomic E-state index is 0.0718. The summed E-state index contributed by atoms with van der Waals surface area (Å²) in [5.74, 6) is 0.701. The first-order valence-electron chi connectivity index (χ1n) is 6.62. The molecular formula is C15H21NO3S. The van der Waals surface area contributed by atoms with Crippen molar-refractivity contribution in [2.24, 2.45) is 0 Å². The van der Waals surface area contributed by atoms with E-state index in [1.165, 1.54) is 12.0 Å². The fourth-order valence-corrected chi connectivity index (χ4v) is 2.48. The van der Waals surface area contributed by atoms with Gasteiger partial charge in [0.25, 0.3) is 0 Å². The van der Waals surface area contributed by atoms with Crippen LogP contribution in [0.1, 0.15) is 19.3 Å². The number of ether oxygens (including phenoxy) is 1. The molecular weight excluding hydrogens is 274 g/mol. The Morgan fingerprint density at radius 1 is 1.20 bits per heavy atom. The van der Waals surface area contributed by atoms with Gasteiger partial charge in [-0.3, -0.25) is 9.59 Å². The van der Waals surface area contributed by atoms with Crippen molar-refractivity contribution >= 4 is 23.6 Å². The third-order valence-corrected chi connectivity index (χ3v) is 3.95. The Morgan fingerprint density at radius 3 is 2.55 bits per heavy atom. The molecule has 0 aromatic heterocycles. The maximum absolute atomic E-state index is 11.8. The van der Waals surface area contributed by atoms with E-state index in [1.807, 2.05) is 18.2 Å². The third-order valence-electron chi connectivity index (χ3n) is 2.85. The molecule has 0 heterocycles. The number of hydrogen-bond donors (Lipinski definition) is 0. The van der Waals surface area contributed by atoms with Gasteiger partial charge in [0, 0.05) is 24.9 Å². The number of nitrogens with zero attached hydrogens (tertiary/aromatic N) is 1. The summed E-state index contributed by atoms with van der Waals surface area (Å²) in [6.45, 7) is 0.414. The zero-order valence-electron chi connectivity index (χ0n) is 12.0. The molecule has 0 fully saturated rings. The van der Waals surface area contributed by atoms with Crippen LogP contribution >= 0.6 is 11.8 Å². The number of hydrogen-bond acceptors (Lipinski definition) is 4. The Hall–Kier alpha value is -1.49. The van der Waals surface area contributed by atoms with Crippen molar-refractivity contribution in [2.45, 2.75) is 24.2 Å². The van der Waals surface area contributed by atoms with Gasteiger partial charge >= 0.3 is 5.97 Å². The number of esters is 1. The summed E-state index contributed by atoms with van der Waals surface area (Å²) < 4.78 is 4.55. The average Bonchev–Trinajstić information content (AvgIpc) is 2.49. The molecule has 0 radical (unpaired) electrons. The summed E-state index contributed by atoms with van der Waals surface area (Å²) in [4.78, 5) is 25.6. The molecule has 0 unspecified atom stereocenters. The molecule has 0 aliphatic carbocycles. The van der Waals surface area contributed by atoms with Crippen LogP contribution in [-0.2, 0) is 14.3 Å². The second-order valence-corrected chi connectivity index (χ2v) is 5.57. The van der Waals surface area contributed by atoms with Crippen molar-refractivity contribution in [1.82, 2.24) is 4.90 Å². The van der Waals surface area contributed by atoms with E-state index in [-0.39, 0.29) is 18.3 Å². The van der Waals surface area contributed by atoms with Gasteiger partial charge in [-0.1, -0.05) is 18.2 Å². The fraction of sp³-hybridized carbons (Fsp3) is 0.467. The molecule has 0 spiro atoms. The van der Waals surface area contributed by atoms with Crippen molar-refractivity contribution in [2.75, 3.05) is 26.5 Å². The molecule has 0 atom stereocenters. The fourth-order valence-electron chi connectivity index (χ4n) is 1.61. The third kappa shape index (κ3) is 6.61. The molecule has 0 aliphatic heterocycles. The van der Waals surface area contributed by atoms with E-state index >= 15 is 0 Å². The Morgan fingerprint density at radius 2 is 1.90 bits per heavy atom. The molecule has 4 nitrogen and oxygen atoms in total. The highest BCUT2D eigenvalue weighted by atomic mass is 32.2. The molecule has 1 rings (SSSR count). The Labute approximate surface area is 124 Å². The lowest BCUT2D eigenvalue weighted by molar-refractivity contribution is -0.141. The van der Waals surface area contributed by atoms with Gasteiger partial charge in [0.15, 0.2) is 0 Å². The van der Waals surface area contributed by atoms with Crippen LogP contribution in [0.2, 0.25) is 0 Å². The van der Waals surface area contributed by atoms with Gasteiger partial charge in [-0.25, -0.2) is 0 Å². The lowest BCUT2D eigenvalue weighted by Crippen LogP contribution is -2.29. The zero-order chi connectivity index (χ0) is 14.8. The molecule has 110 valence electrons. The van der Waals surface area contributed by atoms with E-state index in [0.29, 0.717) is 13.0 Å². The molecule has 1 amide bonds. The van der Waals surface area contributed by atoms with Crippen LogP contribution in [0.4, 0.5) is 0 Å². The number of thioether (sulfide) groups is 1. The highest BCUT2D eigenvalue weighted by Crippen LogP contribution is 2.18. The van der Waals surface area contributed by atoms with Gasteiger partial charge in [0.05, 0.1) is 13.5 Å². The normalized spacial score (nSPS) is 10.1. The van der Waals surface area contributed by atoms with Gasteiger partial charge in [-0.05, 0) is 24.3 Å². The summed E-state index contributed by atoms with van der Waals surface area (Å²) >= 11 is 1.75. The summed E-state index contributed by atoms with van der Waals surface area (Å²) in [5.41, 5.74) is 0. The molecule has 5 heteroatoms. The summed E-state index contributed by atoms with van der Waals surface area (Å²) in [6, 6.07) is 10.1. The highest BCUT2D eigenvalue weighted by molar-refractivity contribution is 7.99. The molecule has 20 heavy (non-hydrogen) atoms. The standard InChI is InChI=1S/C15H21NO3S/c1-16(11-10-15(18)19-2)14(17)9-6-12-20-13-7-4-3-5-8-13/h3-5,7-8H,6,9-12H2,1-2H3. The molecule has 0 saturated carbocycles. The first-order chi connectivity index (χ1) is 9.63. The topological polar surface area (TPSA) is 46.6 Å².